The first-order chi connectivity index (χ1) is 10.2. The molecule has 4 atom stereocenters. The standard InChI is InChI=1S/C18H20O3/c19-12-6-4-11(5-7-12)18-15-3-1-2-14(15)16-10-13(20)8-9-17(16)21-18/h4,6-11,14-15,18-20H,1-3,5H2/t11-,14-,15+,18?/m1/s1. The highest BCUT2D eigenvalue weighted by Gasteiger charge is 2.43. The van der Waals surface area contributed by atoms with E-state index in [2.05, 4.69) is 6.08 Å². The Kier molecular flexibility index (Phi) is 2.95. The second-order valence-corrected chi connectivity index (χ2v) is 6.39. The number of rotatable bonds is 1. The van der Waals surface area contributed by atoms with Crippen LogP contribution in [0.1, 0.15) is 37.2 Å². The van der Waals surface area contributed by atoms with E-state index in [4.69, 9.17) is 4.74 Å². The first kappa shape index (κ1) is 12.8. The van der Waals surface area contributed by atoms with E-state index in [0.717, 1.165) is 12.2 Å². The van der Waals surface area contributed by atoms with Crippen LogP contribution in [0.4, 0.5) is 0 Å². The fourth-order valence-electron chi connectivity index (χ4n) is 4.21. The first-order valence-electron chi connectivity index (χ1n) is 7.79. The van der Waals surface area contributed by atoms with E-state index in [1.54, 1.807) is 12.1 Å². The van der Waals surface area contributed by atoms with Crippen molar-refractivity contribution >= 4 is 0 Å². The molecule has 1 unspecified atom stereocenters. The Labute approximate surface area is 124 Å². The van der Waals surface area contributed by atoms with Gasteiger partial charge in [-0.3, -0.25) is 0 Å². The minimum Gasteiger partial charge on any atom is -0.508 e. The molecule has 0 spiro atoms. The van der Waals surface area contributed by atoms with Gasteiger partial charge in [-0.25, -0.2) is 0 Å². The van der Waals surface area contributed by atoms with Gasteiger partial charge in [0.25, 0.3) is 0 Å². The highest BCUT2D eigenvalue weighted by atomic mass is 16.5. The predicted molar refractivity (Wildman–Crippen MR) is 80.6 cm³/mol. The van der Waals surface area contributed by atoms with Crippen molar-refractivity contribution in [2.75, 3.05) is 0 Å². The van der Waals surface area contributed by atoms with Crippen molar-refractivity contribution in [2.45, 2.75) is 37.7 Å². The van der Waals surface area contributed by atoms with Crippen LogP contribution in [-0.4, -0.2) is 16.3 Å². The van der Waals surface area contributed by atoms with Gasteiger partial charge in [0.15, 0.2) is 0 Å². The summed E-state index contributed by atoms with van der Waals surface area (Å²) in [6, 6.07) is 5.47. The normalized spacial score (nSPS) is 33.8. The van der Waals surface area contributed by atoms with E-state index in [9.17, 15) is 10.2 Å². The van der Waals surface area contributed by atoms with E-state index in [1.807, 2.05) is 18.2 Å². The molecule has 0 aromatic heterocycles. The van der Waals surface area contributed by atoms with Crippen LogP contribution < -0.4 is 4.74 Å². The zero-order chi connectivity index (χ0) is 14.4. The highest BCUT2D eigenvalue weighted by Crippen LogP contribution is 2.52. The summed E-state index contributed by atoms with van der Waals surface area (Å²) in [7, 11) is 0. The molecule has 1 aromatic rings. The summed E-state index contributed by atoms with van der Waals surface area (Å²) in [5, 5.41) is 19.3. The van der Waals surface area contributed by atoms with Crippen LogP contribution in [0.15, 0.2) is 42.2 Å². The van der Waals surface area contributed by atoms with Crippen molar-refractivity contribution in [2.24, 2.45) is 11.8 Å². The molecule has 1 fully saturated rings. The fourth-order valence-corrected chi connectivity index (χ4v) is 4.21. The Morgan fingerprint density at radius 3 is 2.86 bits per heavy atom. The predicted octanol–water partition coefficient (Wildman–Crippen LogP) is 4.05. The summed E-state index contributed by atoms with van der Waals surface area (Å²) >= 11 is 0. The van der Waals surface area contributed by atoms with Crippen LogP contribution in [0.2, 0.25) is 0 Å². The molecule has 1 heterocycles. The third-order valence-electron chi connectivity index (χ3n) is 5.18. The van der Waals surface area contributed by atoms with Gasteiger partial charge >= 0.3 is 0 Å². The average Bonchev–Trinajstić information content (AvgIpc) is 2.97. The molecule has 2 aliphatic carbocycles. The lowest BCUT2D eigenvalue weighted by Crippen LogP contribution is -2.39. The maximum atomic E-state index is 9.75. The lowest BCUT2D eigenvalue weighted by atomic mass is 9.76. The van der Waals surface area contributed by atoms with Crippen molar-refractivity contribution in [1.29, 1.82) is 0 Å². The van der Waals surface area contributed by atoms with Gasteiger partial charge in [0.2, 0.25) is 0 Å². The van der Waals surface area contributed by atoms with E-state index < -0.39 is 0 Å². The molecular formula is C18H20O3. The molecule has 21 heavy (non-hydrogen) atoms. The van der Waals surface area contributed by atoms with Gasteiger partial charge < -0.3 is 14.9 Å². The van der Waals surface area contributed by atoms with Crippen LogP contribution in [0.5, 0.6) is 11.5 Å². The molecule has 0 bridgehead atoms. The number of hydrogen-bond acceptors (Lipinski definition) is 3. The summed E-state index contributed by atoms with van der Waals surface area (Å²) in [6.45, 7) is 0. The number of hydrogen-bond donors (Lipinski definition) is 2. The molecule has 2 N–H and O–H groups in total. The van der Waals surface area contributed by atoms with Gasteiger partial charge in [0.1, 0.15) is 23.4 Å². The number of aromatic hydroxyl groups is 1. The van der Waals surface area contributed by atoms with Gasteiger partial charge in [-0.2, -0.15) is 0 Å². The third kappa shape index (κ3) is 2.11. The van der Waals surface area contributed by atoms with Gasteiger partial charge in [-0.05, 0) is 55.5 Å². The minimum atomic E-state index is 0.176. The van der Waals surface area contributed by atoms with Crippen molar-refractivity contribution in [3.63, 3.8) is 0 Å². The third-order valence-corrected chi connectivity index (χ3v) is 5.18. The van der Waals surface area contributed by atoms with Gasteiger partial charge in [0.05, 0.1) is 0 Å². The Morgan fingerprint density at radius 2 is 2.05 bits per heavy atom. The second-order valence-electron chi connectivity index (χ2n) is 6.39. The number of aliphatic hydroxyl groups excluding tert-OH is 1. The van der Waals surface area contributed by atoms with Crippen molar-refractivity contribution < 1.29 is 14.9 Å². The van der Waals surface area contributed by atoms with Gasteiger partial charge in [-0.1, -0.05) is 12.5 Å². The van der Waals surface area contributed by atoms with Crippen LogP contribution in [0, 0.1) is 11.8 Å². The number of aliphatic hydroxyl groups is 1. The highest BCUT2D eigenvalue weighted by molar-refractivity contribution is 5.45. The van der Waals surface area contributed by atoms with Crippen molar-refractivity contribution in [3.05, 3.63) is 47.7 Å². The van der Waals surface area contributed by atoms with E-state index in [0.29, 0.717) is 29.3 Å². The number of phenols is 1. The quantitative estimate of drug-likeness (QED) is 0.817. The summed E-state index contributed by atoms with van der Waals surface area (Å²) in [5.74, 6) is 2.95. The monoisotopic (exact) mass is 284 g/mol. The van der Waals surface area contributed by atoms with Crippen molar-refractivity contribution in [3.8, 4) is 11.5 Å². The summed E-state index contributed by atoms with van der Waals surface area (Å²) in [5.41, 5.74) is 1.17. The van der Waals surface area contributed by atoms with E-state index >= 15 is 0 Å². The zero-order valence-corrected chi connectivity index (χ0v) is 11.9. The summed E-state index contributed by atoms with van der Waals surface area (Å²) in [4.78, 5) is 0. The van der Waals surface area contributed by atoms with Crippen LogP contribution in [0.3, 0.4) is 0 Å². The first-order valence-corrected chi connectivity index (χ1v) is 7.79. The molecule has 1 saturated carbocycles. The lowest BCUT2D eigenvalue weighted by Gasteiger charge is -2.39. The van der Waals surface area contributed by atoms with E-state index in [-0.39, 0.29) is 6.10 Å². The van der Waals surface area contributed by atoms with Crippen LogP contribution in [0.25, 0.3) is 0 Å². The molecule has 1 aromatic carbocycles. The number of benzene rings is 1. The number of phenolic OH excluding ortho intramolecular Hbond substituents is 1. The fraction of sp³-hybridized carbons (Fsp3) is 0.444. The Hall–Kier alpha value is -1.90. The lowest BCUT2D eigenvalue weighted by molar-refractivity contribution is 0.0676. The molecule has 4 rings (SSSR count). The molecule has 3 nitrogen and oxygen atoms in total. The van der Waals surface area contributed by atoms with Crippen LogP contribution >= 0.6 is 0 Å². The number of ether oxygens (including phenoxy) is 1. The van der Waals surface area contributed by atoms with E-state index in [1.165, 1.54) is 24.8 Å². The van der Waals surface area contributed by atoms with Gasteiger partial charge in [-0.15, -0.1) is 0 Å². The molecule has 1 aliphatic heterocycles. The van der Waals surface area contributed by atoms with Gasteiger partial charge in [0, 0.05) is 17.4 Å². The maximum Gasteiger partial charge on any atom is 0.123 e. The number of fused-ring (bicyclic) bond motifs is 3. The average molecular weight is 284 g/mol. The summed E-state index contributed by atoms with van der Waals surface area (Å²) < 4.78 is 6.30. The Morgan fingerprint density at radius 1 is 1.14 bits per heavy atom. The molecule has 0 radical (unpaired) electrons. The molecular weight excluding hydrogens is 264 g/mol. The largest absolute Gasteiger partial charge is 0.508 e. The van der Waals surface area contributed by atoms with Crippen molar-refractivity contribution in [1.82, 2.24) is 0 Å². The minimum absolute atomic E-state index is 0.176. The maximum absolute atomic E-state index is 9.75. The van der Waals surface area contributed by atoms with Crippen LogP contribution in [-0.2, 0) is 0 Å². The number of allylic oxidation sites excluding steroid dienone is 2. The zero-order valence-electron chi connectivity index (χ0n) is 11.9. The second kappa shape index (κ2) is 4.83. The summed E-state index contributed by atoms with van der Waals surface area (Å²) in [6.07, 6.45) is 10.4. The topological polar surface area (TPSA) is 49.7 Å². The molecule has 110 valence electrons. The molecule has 3 aliphatic rings. The Balaban J connectivity index is 1.68. The Bertz CT molecular complexity index is 617. The molecule has 0 amide bonds. The smallest absolute Gasteiger partial charge is 0.123 e. The molecule has 0 saturated heterocycles. The molecule has 3 heteroatoms. The SMILES string of the molecule is OC1=CC[C@H](C2Oc3ccc(O)cc3[C@@H]3CCC[C@H]23)C=C1.